The molecule has 0 fully saturated rings. The molecule has 1 aliphatic heterocycles. The fourth-order valence-corrected chi connectivity index (χ4v) is 8.22. The van der Waals surface area contributed by atoms with E-state index >= 15 is 4.57 Å². The van der Waals surface area contributed by atoms with Gasteiger partial charge in [0.05, 0.1) is 17.9 Å². The van der Waals surface area contributed by atoms with Crippen LogP contribution in [0, 0.1) is 0 Å². The number of hydrogen-bond donors (Lipinski definition) is 0. The minimum Gasteiger partial charge on any atom is -0.309 e. The van der Waals surface area contributed by atoms with Gasteiger partial charge in [0.2, 0.25) is 0 Å². The van der Waals surface area contributed by atoms with Crippen molar-refractivity contribution in [1.82, 2.24) is 4.57 Å². The highest BCUT2D eigenvalue weighted by Crippen LogP contribution is 2.54. The van der Waals surface area contributed by atoms with Crippen LogP contribution >= 0.6 is 7.14 Å². The second kappa shape index (κ2) is 6.81. The second-order valence-corrected chi connectivity index (χ2v) is 10.8. The highest BCUT2D eigenvalue weighted by Gasteiger charge is 2.41. The Hall–Kier alpha value is -3.87. The lowest BCUT2D eigenvalue weighted by molar-refractivity contribution is 0.593. The fraction of sp³-hybridized carbons (Fsp3) is 0. The van der Waals surface area contributed by atoms with Gasteiger partial charge in [0.1, 0.15) is 0 Å². The van der Waals surface area contributed by atoms with Crippen LogP contribution in [0.4, 0.5) is 0 Å². The maximum Gasteiger partial charge on any atom is 0.172 e. The van der Waals surface area contributed by atoms with Crippen molar-refractivity contribution in [2.24, 2.45) is 0 Å². The summed E-state index contributed by atoms with van der Waals surface area (Å²) in [5.74, 6) is 0. The van der Waals surface area contributed by atoms with Gasteiger partial charge >= 0.3 is 0 Å². The third-order valence-corrected chi connectivity index (χ3v) is 9.64. The summed E-state index contributed by atoms with van der Waals surface area (Å²) in [7, 11) is -3.22. The van der Waals surface area contributed by atoms with Gasteiger partial charge in [-0.05, 0) is 29.8 Å². The highest BCUT2D eigenvalue weighted by atomic mass is 31.2. The first kappa shape index (κ1) is 14.3. The molecule has 6 aromatic rings. The largest absolute Gasteiger partial charge is 0.309 e. The van der Waals surface area contributed by atoms with Crippen LogP contribution in [0.1, 0.15) is 6.85 Å². The first-order valence-corrected chi connectivity index (χ1v) is 12.5. The quantitative estimate of drug-likeness (QED) is 0.282. The molecule has 1 atom stereocenters. The van der Waals surface area contributed by atoms with Crippen molar-refractivity contribution >= 4 is 44.9 Å². The van der Waals surface area contributed by atoms with Crippen molar-refractivity contribution < 1.29 is 11.4 Å². The lowest BCUT2D eigenvalue weighted by Gasteiger charge is -2.16. The smallest absolute Gasteiger partial charge is 0.172 e. The second-order valence-electron chi connectivity index (χ2n) is 8.14. The minimum absolute atomic E-state index is 0.0783. The molecule has 156 valence electrons. The van der Waals surface area contributed by atoms with Crippen molar-refractivity contribution in [1.29, 1.82) is 0 Å². The first-order valence-electron chi connectivity index (χ1n) is 13.3. The fourth-order valence-electron chi connectivity index (χ4n) is 5.17. The van der Waals surface area contributed by atoms with E-state index in [0.29, 0.717) is 16.3 Å². The molecule has 0 bridgehead atoms. The van der Waals surface area contributed by atoms with E-state index in [9.17, 15) is 0 Å². The molecule has 1 unspecified atom stereocenters. The zero-order valence-corrected chi connectivity index (χ0v) is 18.4. The molecular weight excluding hydrogens is 421 g/mol. The Labute approximate surface area is 199 Å². The molecule has 1 aromatic heterocycles. The van der Waals surface area contributed by atoms with E-state index in [4.69, 9.17) is 6.85 Å². The van der Waals surface area contributed by atoms with E-state index in [0.717, 1.165) is 32.5 Å². The minimum atomic E-state index is -3.22. The molecule has 0 saturated carbocycles. The van der Waals surface area contributed by atoms with Crippen LogP contribution in [-0.2, 0) is 4.57 Å². The molecule has 3 heteroatoms. The Morgan fingerprint density at radius 3 is 2.24 bits per heavy atom. The van der Waals surface area contributed by atoms with E-state index in [2.05, 4.69) is 0 Å². The monoisotopic (exact) mass is 446 g/mol. The standard InChI is InChI=1S/C30H20NOP/c32-33(22-13-5-2-6-14-22)27-18-10-8-16-25(27)29-28(33)20-19-24-23-15-7-9-17-26(23)31(30(24)29)21-11-3-1-4-12-21/h1-20H/i1D,3D,4D,11D,12D. The normalized spacial score (nSPS) is 18.8. The van der Waals surface area contributed by atoms with Gasteiger partial charge in [-0.2, -0.15) is 0 Å². The topological polar surface area (TPSA) is 22.0 Å². The average molecular weight is 447 g/mol. The summed E-state index contributed by atoms with van der Waals surface area (Å²) in [6.45, 7) is 0. The molecule has 0 radical (unpaired) electrons. The van der Waals surface area contributed by atoms with Crippen LogP contribution in [0.25, 0.3) is 38.6 Å². The molecule has 1 aliphatic rings. The zero-order valence-electron chi connectivity index (χ0n) is 22.5. The van der Waals surface area contributed by atoms with Crippen molar-refractivity contribution in [3.8, 4) is 16.8 Å². The number of rotatable bonds is 2. The van der Waals surface area contributed by atoms with Gasteiger partial charge < -0.3 is 9.13 Å². The summed E-state index contributed by atoms with van der Waals surface area (Å²) in [6, 6.07) is 26.9. The Balaban J connectivity index is 1.73. The van der Waals surface area contributed by atoms with Crippen molar-refractivity contribution in [2.75, 3.05) is 0 Å². The van der Waals surface area contributed by atoms with Gasteiger partial charge in [-0.3, -0.25) is 0 Å². The van der Waals surface area contributed by atoms with Crippen molar-refractivity contribution in [3.05, 3.63) is 121 Å². The number of benzene rings is 5. The predicted molar refractivity (Wildman–Crippen MR) is 139 cm³/mol. The number of para-hydroxylation sites is 2. The third kappa shape index (κ3) is 2.42. The summed E-state index contributed by atoms with van der Waals surface area (Å²) in [4.78, 5) is 0. The van der Waals surface area contributed by atoms with Crippen molar-refractivity contribution in [2.45, 2.75) is 0 Å². The van der Waals surface area contributed by atoms with E-state index in [-0.39, 0.29) is 17.8 Å². The van der Waals surface area contributed by atoms with Crippen molar-refractivity contribution in [3.63, 3.8) is 0 Å². The molecule has 33 heavy (non-hydrogen) atoms. The SMILES string of the molecule is [2H]c1c([2H])c([2H])c(-n2c3ccccc3c3ccc4c(c32)-c2ccccc2P4(=O)c2ccccc2)c([2H])c1[2H]. The maximum atomic E-state index is 15.1. The van der Waals surface area contributed by atoms with Crippen LogP contribution in [-0.4, -0.2) is 4.57 Å². The van der Waals surface area contributed by atoms with E-state index < -0.39 is 25.3 Å². The first-order chi connectivity index (χ1) is 18.4. The van der Waals surface area contributed by atoms with Crippen LogP contribution in [0.15, 0.2) is 121 Å². The Kier molecular flexibility index (Phi) is 2.95. The highest BCUT2D eigenvalue weighted by molar-refractivity contribution is 7.86. The Bertz CT molecular complexity index is 1990. The predicted octanol–water partition coefficient (Wildman–Crippen LogP) is 6.40. The summed E-state index contributed by atoms with van der Waals surface area (Å²) in [6.07, 6.45) is 0. The molecular formula is C30H20NOP. The molecule has 0 aliphatic carbocycles. The van der Waals surface area contributed by atoms with Crippen LogP contribution in [0.2, 0.25) is 0 Å². The van der Waals surface area contributed by atoms with E-state index in [1.807, 2.05) is 91.0 Å². The van der Waals surface area contributed by atoms with E-state index in [1.165, 1.54) is 0 Å². The van der Waals surface area contributed by atoms with Gasteiger partial charge in [-0.1, -0.05) is 97.0 Å². The number of aromatic nitrogens is 1. The van der Waals surface area contributed by atoms with E-state index in [1.54, 1.807) is 4.57 Å². The van der Waals surface area contributed by atoms with Crippen LogP contribution in [0.3, 0.4) is 0 Å². The Morgan fingerprint density at radius 2 is 1.39 bits per heavy atom. The molecule has 0 N–H and O–H groups in total. The number of nitrogens with zero attached hydrogens (tertiary/aromatic N) is 1. The average Bonchev–Trinajstić information content (AvgIpc) is 3.42. The van der Waals surface area contributed by atoms with Gasteiger partial charge in [0, 0.05) is 37.9 Å². The van der Waals surface area contributed by atoms with Crippen LogP contribution in [0.5, 0.6) is 0 Å². The van der Waals surface area contributed by atoms with Gasteiger partial charge in [-0.15, -0.1) is 0 Å². The van der Waals surface area contributed by atoms with Crippen LogP contribution < -0.4 is 15.9 Å². The summed E-state index contributed by atoms with van der Waals surface area (Å²) in [5, 5.41) is 3.91. The maximum absolute atomic E-state index is 15.1. The lowest BCUT2D eigenvalue weighted by atomic mass is 10.0. The lowest BCUT2D eigenvalue weighted by Crippen LogP contribution is -2.20. The summed E-state index contributed by atoms with van der Waals surface area (Å²) >= 11 is 0. The summed E-state index contributed by atoms with van der Waals surface area (Å²) in [5.41, 5.74) is 3.08. The summed E-state index contributed by atoms with van der Waals surface area (Å²) < 4.78 is 59.2. The molecule has 0 spiro atoms. The molecule has 2 nitrogen and oxygen atoms in total. The van der Waals surface area contributed by atoms with Gasteiger partial charge in [-0.25, -0.2) is 0 Å². The van der Waals surface area contributed by atoms with Gasteiger partial charge in [0.25, 0.3) is 0 Å². The third-order valence-electron chi connectivity index (χ3n) is 6.50. The molecule has 7 rings (SSSR count). The Morgan fingerprint density at radius 1 is 0.667 bits per heavy atom. The number of fused-ring (bicyclic) bond motifs is 7. The molecule has 2 heterocycles. The number of hydrogen-bond acceptors (Lipinski definition) is 1. The van der Waals surface area contributed by atoms with Gasteiger partial charge in [0.15, 0.2) is 7.14 Å². The zero-order chi connectivity index (χ0) is 26.3. The molecule has 0 saturated heterocycles. The molecule has 5 aromatic carbocycles. The molecule has 0 amide bonds.